The fourth-order valence-electron chi connectivity index (χ4n) is 3.93. The maximum atomic E-state index is 13.0. The summed E-state index contributed by atoms with van der Waals surface area (Å²) in [4.78, 5) is 38.2. The first-order valence-corrected chi connectivity index (χ1v) is 10.8. The van der Waals surface area contributed by atoms with E-state index in [0.717, 1.165) is 0 Å². The van der Waals surface area contributed by atoms with Gasteiger partial charge in [-0.15, -0.1) is 0 Å². The molecule has 0 bridgehead atoms. The number of ether oxygens (including phenoxy) is 3. The highest BCUT2D eigenvalue weighted by atomic mass is 16.6. The highest BCUT2D eigenvalue weighted by Gasteiger charge is 2.51. The first-order chi connectivity index (χ1) is 17.1. The van der Waals surface area contributed by atoms with E-state index in [1.807, 2.05) is 0 Å². The molecule has 5 rings (SSSR count). The number of aliphatic hydroxyl groups is 1. The van der Waals surface area contributed by atoms with Gasteiger partial charge in [-0.1, -0.05) is 36.4 Å². The van der Waals surface area contributed by atoms with Crippen molar-refractivity contribution in [2.24, 2.45) is 0 Å². The second-order valence-electron chi connectivity index (χ2n) is 7.80. The normalized spacial score (nSPS) is 21.6. The fourth-order valence-corrected chi connectivity index (χ4v) is 3.93. The molecule has 0 aliphatic carbocycles. The van der Waals surface area contributed by atoms with Crippen LogP contribution < -0.4 is 5.73 Å². The first kappa shape index (κ1) is 22.4. The van der Waals surface area contributed by atoms with Gasteiger partial charge in [0, 0.05) is 0 Å². The summed E-state index contributed by atoms with van der Waals surface area (Å²) in [7, 11) is 0. The van der Waals surface area contributed by atoms with Gasteiger partial charge in [0.15, 0.2) is 29.9 Å². The van der Waals surface area contributed by atoms with Crippen LogP contribution in [0.15, 0.2) is 73.3 Å². The Balaban J connectivity index is 1.52. The number of nitrogen functional groups attached to an aromatic ring is 1. The third-order valence-corrected chi connectivity index (χ3v) is 5.63. The third-order valence-electron chi connectivity index (χ3n) is 5.63. The van der Waals surface area contributed by atoms with E-state index < -0.39 is 43.1 Å². The summed E-state index contributed by atoms with van der Waals surface area (Å²) < 4.78 is 19.1. The minimum atomic E-state index is -1.14. The molecule has 1 aliphatic rings. The SMILES string of the molecule is Nc1ncnc2c1ncn2[C@@H]1O[C@H](CO)[C@@H](OC(=O)c2ccccc2)[C@H]1OC(=O)c1ccccc1. The van der Waals surface area contributed by atoms with Gasteiger partial charge in [-0.2, -0.15) is 0 Å². The fraction of sp³-hybridized carbons (Fsp3) is 0.208. The number of nitrogens with zero attached hydrogens (tertiary/aromatic N) is 4. The van der Waals surface area contributed by atoms with Gasteiger partial charge in [-0.3, -0.25) is 4.57 Å². The average Bonchev–Trinajstić information content (AvgIpc) is 3.47. The lowest BCUT2D eigenvalue weighted by Gasteiger charge is -2.24. The van der Waals surface area contributed by atoms with Crippen LogP contribution in [0, 0.1) is 0 Å². The number of benzene rings is 2. The van der Waals surface area contributed by atoms with Crippen molar-refractivity contribution in [3.63, 3.8) is 0 Å². The van der Waals surface area contributed by atoms with Crippen LogP contribution in [0.3, 0.4) is 0 Å². The van der Waals surface area contributed by atoms with Gasteiger partial charge in [0.05, 0.1) is 24.1 Å². The van der Waals surface area contributed by atoms with Crippen LogP contribution in [0.2, 0.25) is 0 Å². The molecule has 2 aromatic heterocycles. The minimum absolute atomic E-state index is 0.162. The molecule has 1 aliphatic heterocycles. The molecule has 2 aromatic carbocycles. The highest BCUT2D eigenvalue weighted by Crippen LogP contribution is 2.36. The van der Waals surface area contributed by atoms with Crippen LogP contribution in [0.4, 0.5) is 5.82 Å². The van der Waals surface area contributed by atoms with Crippen molar-refractivity contribution in [3.05, 3.63) is 84.4 Å². The van der Waals surface area contributed by atoms with E-state index >= 15 is 0 Å². The summed E-state index contributed by atoms with van der Waals surface area (Å²) in [6.07, 6.45) is -1.58. The Morgan fingerprint density at radius 1 is 0.914 bits per heavy atom. The van der Waals surface area contributed by atoms with Crippen molar-refractivity contribution in [2.45, 2.75) is 24.5 Å². The van der Waals surface area contributed by atoms with Crippen LogP contribution in [0.25, 0.3) is 11.2 Å². The van der Waals surface area contributed by atoms with E-state index in [2.05, 4.69) is 15.0 Å². The summed E-state index contributed by atoms with van der Waals surface area (Å²) in [5.41, 5.74) is 7.17. The van der Waals surface area contributed by atoms with E-state index in [0.29, 0.717) is 22.3 Å². The third kappa shape index (κ3) is 4.29. The van der Waals surface area contributed by atoms with Crippen molar-refractivity contribution in [1.29, 1.82) is 0 Å². The molecule has 3 N–H and O–H groups in total. The van der Waals surface area contributed by atoms with Crippen LogP contribution in [-0.2, 0) is 14.2 Å². The maximum absolute atomic E-state index is 13.0. The molecule has 0 amide bonds. The standard InChI is InChI=1S/C24H21N5O6/c25-20-17-21(27-12-26-20)29(13-28-17)22-19(35-24(32)15-9-5-2-6-10-15)18(16(11-30)33-22)34-23(31)14-7-3-1-4-8-14/h1-10,12-13,16,18-19,22,30H,11H2,(H2,25,26,27)/t16-,18-,19-,22-/m1/s1. The average molecular weight is 475 g/mol. The predicted molar refractivity (Wildman–Crippen MR) is 122 cm³/mol. The molecule has 0 radical (unpaired) electrons. The van der Waals surface area contributed by atoms with Crippen molar-refractivity contribution in [1.82, 2.24) is 19.5 Å². The van der Waals surface area contributed by atoms with Gasteiger partial charge in [-0.05, 0) is 24.3 Å². The molecule has 1 saturated heterocycles. The van der Waals surface area contributed by atoms with E-state index in [9.17, 15) is 14.7 Å². The Hall–Kier alpha value is -4.35. The number of hydrogen-bond acceptors (Lipinski definition) is 10. The first-order valence-electron chi connectivity index (χ1n) is 10.8. The molecule has 178 valence electrons. The zero-order valence-electron chi connectivity index (χ0n) is 18.3. The van der Waals surface area contributed by atoms with Crippen molar-refractivity contribution in [2.75, 3.05) is 12.3 Å². The Morgan fingerprint density at radius 3 is 2.11 bits per heavy atom. The Bertz CT molecular complexity index is 1350. The van der Waals surface area contributed by atoms with Gasteiger partial charge in [0.1, 0.15) is 17.9 Å². The van der Waals surface area contributed by atoms with Gasteiger partial charge >= 0.3 is 11.9 Å². The number of aromatic nitrogens is 4. The lowest BCUT2D eigenvalue weighted by Crippen LogP contribution is -2.40. The Morgan fingerprint density at radius 2 is 1.51 bits per heavy atom. The topological polar surface area (TPSA) is 152 Å². The van der Waals surface area contributed by atoms with Gasteiger partial charge in [-0.25, -0.2) is 24.5 Å². The van der Waals surface area contributed by atoms with Gasteiger partial charge in [0.2, 0.25) is 0 Å². The smallest absolute Gasteiger partial charge is 0.338 e. The number of anilines is 1. The molecule has 4 atom stereocenters. The Labute approximate surface area is 199 Å². The molecule has 4 aromatic rings. The van der Waals surface area contributed by atoms with Crippen LogP contribution >= 0.6 is 0 Å². The number of carbonyl (C=O) groups is 2. The lowest BCUT2D eigenvalue weighted by atomic mass is 10.1. The van der Waals surface area contributed by atoms with Crippen LogP contribution in [-0.4, -0.2) is 61.5 Å². The molecular formula is C24H21N5O6. The molecular weight excluding hydrogens is 454 g/mol. The highest BCUT2D eigenvalue weighted by molar-refractivity contribution is 5.90. The minimum Gasteiger partial charge on any atom is -0.452 e. The van der Waals surface area contributed by atoms with E-state index in [-0.39, 0.29) is 5.82 Å². The summed E-state index contributed by atoms with van der Waals surface area (Å²) in [5, 5.41) is 10.0. The van der Waals surface area contributed by atoms with Crippen LogP contribution in [0.1, 0.15) is 26.9 Å². The molecule has 11 heteroatoms. The monoisotopic (exact) mass is 475 g/mol. The number of imidazole rings is 1. The summed E-state index contributed by atoms with van der Waals surface area (Å²) in [6, 6.07) is 16.7. The quantitative estimate of drug-likeness (QED) is 0.395. The number of hydrogen-bond donors (Lipinski definition) is 2. The molecule has 0 spiro atoms. The molecule has 0 saturated carbocycles. The zero-order chi connectivity index (χ0) is 24.4. The number of esters is 2. The molecule has 3 heterocycles. The lowest BCUT2D eigenvalue weighted by molar-refractivity contribution is -0.0566. The largest absolute Gasteiger partial charge is 0.452 e. The zero-order valence-corrected chi connectivity index (χ0v) is 18.3. The van der Waals surface area contributed by atoms with Gasteiger partial charge in [0.25, 0.3) is 0 Å². The van der Waals surface area contributed by atoms with E-state index in [4.69, 9.17) is 19.9 Å². The summed E-state index contributed by atoms with van der Waals surface area (Å²) >= 11 is 0. The van der Waals surface area contributed by atoms with Crippen LogP contribution in [0.5, 0.6) is 0 Å². The molecule has 1 fully saturated rings. The molecule has 11 nitrogen and oxygen atoms in total. The molecule has 35 heavy (non-hydrogen) atoms. The van der Waals surface area contributed by atoms with Crippen molar-refractivity contribution in [3.8, 4) is 0 Å². The molecule has 0 unspecified atom stereocenters. The predicted octanol–water partition coefficient (Wildman–Crippen LogP) is 1.75. The number of aliphatic hydroxyl groups excluding tert-OH is 1. The maximum Gasteiger partial charge on any atom is 0.338 e. The summed E-state index contributed by atoms with van der Waals surface area (Å²) in [6.45, 7) is -0.494. The van der Waals surface area contributed by atoms with Crippen molar-refractivity contribution >= 4 is 28.9 Å². The summed E-state index contributed by atoms with van der Waals surface area (Å²) in [5.74, 6) is -1.14. The number of rotatable bonds is 6. The second kappa shape index (κ2) is 9.49. The number of nitrogens with two attached hydrogens (primary N) is 1. The van der Waals surface area contributed by atoms with E-state index in [1.54, 1.807) is 60.7 Å². The van der Waals surface area contributed by atoms with Gasteiger partial charge < -0.3 is 25.1 Å². The second-order valence-corrected chi connectivity index (χ2v) is 7.80. The number of fused-ring (bicyclic) bond motifs is 1. The Kier molecular flexibility index (Phi) is 6.08. The number of carbonyl (C=O) groups excluding carboxylic acids is 2. The van der Waals surface area contributed by atoms with Crippen molar-refractivity contribution < 1.29 is 28.9 Å². The van der Waals surface area contributed by atoms with E-state index in [1.165, 1.54) is 17.2 Å².